The fourth-order valence-electron chi connectivity index (χ4n) is 0.944. The Bertz CT molecular complexity index is 233. The predicted molar refractivity (Wildman–Crippen MR) is 61.2 cm³/mol. The maximum absolute atomic E-state index is 11.5. The third kappa shape index (κ3) is 6.36. The quantitative estimate of drug-likeness (QED) is 0.593. The second-order valence-electron chi connectivity index (χ2n) is 3.52. The first-order valence-corrected chi connectivity index (χ1v) is 5.36. The van der Waals surface area contributed by atoms with Gasteiger partial charge >= 0.3 is 6.03 Å². The van der Waals surface area contributed by atoms with Gasteiger partial charge in [-0.3, -0.25) is 10.1 Å². The van der Waals surface area contributed by atoms with Gasteiger partial charge in [0.05, 0.1) is 12.1 Å². The Morgan fingerprint density at radius 3 is 2.44 bits per heavy atom. The third-order valence-corrected chi connectivity index (χ3v) is 2.08. The average molecular weight is 231 g/mol. The Morgan fingerprint density at radius 2 is 1.94 bits per heavy atom. The molecule has 16 heavy (non-hydrogen) atoms. The molecule has 0 bridgehead atoms. The van der Waals surface area contributed by atoms with Crippen LogP contribution >= 0.6 is 0 Å². The van der Waals surface area contributed by atoms with Crippen LogP contribution in [-0.2, 0) is 9.53 Å². The number of nitrogens with one attached hydrogen (secondary N) is 3. The molecule has 0 fully saturated rings. The minimum atomic E-state index is -0.471. The molecule has 6 nitrogen and oxygen atoms in total. The van der Waals surface area contributed by atoms with E-state index in [1.54, 1.807) is 21.0 Å². The summed E-state index contributed by atoms with van der Waals surface area (Å²) >= 11 is 0. The molecular formula is C10H21N3O3. The Hall–Kier alpha value is -1.14. The molecule has 0 aliphatic rings. The molecule has 0 saturated carbocycles. The van der Waals surface area contributed by atoms with Gasteiger partial charge in [-0.25, -0.2) is 4.79 Å². The zero-order valence-electron chi connectivity index (χ0n) is 10.3. The standard InChI is InChI=1S/C10H21N3O3/c1-5-11-10(15)13-9(14)8(3)12-6-7(2)16-4/h7-8,12H,5-6H2,1-4H3,(H2,11,13,14,15). The minimum absolute atomic E-state index is 0.0275. The molecule has 0 aliphatic heterocycles. The van der Waals surface area contributed by atoms with Crippen molar-refractivity contribution >= 4 is 11.9 Å². The number of rotatable bonds is 6. The van der Waals surface area contributed by atoms with E-state index in [1.165, 1.54) is 0 Å². The van der Waals surface area contributed by atoms with E-state index in [2.05, 4.69) is 16.0 Å². The van der Waals surface area contributed by atoms with Crippen LogP contribution in [0, 0.1) is 0 Å². The summed E-state index contributed by atoms with van der Waals surface area (Å²) in [6.45, 7) is 6.41. The minimum Gasteiger partial charge on any atom is -0.380 e. The second kappa shape index (κ2) is 8.06. The zero-order chi connectivity index (χ0) is 12.6. The van der Waals surface area contributed by atoms with Crippen molar-refractivity contribution in [1.29, 1.82) is 0 Å². The van der Waals surface area contributed by atoms with Crippen molar-refractivity contribution < 1.29 is 14.3 Å². The van der Waals surface area contributed by atoms with E-state index in [1.807, 2.05) is 6.92 Å². The SMILES string of the molecule is CCNC(=O)NC(=O)C(C)NCC(C)OC. The molecule has 2 unspecified atom stereocenters. The van der Waals surface area contributed by atoms with E-state index in [4.69, 9.17) is 4.74 Å². The first-order chi connectivity index (χ1) is 7.51. The monoisotopic (exact) mass is 231 g/mol. The number of urea groups is 1. The van der Waals surface area contributed by atoms with Crippen LogP contribution in [0.2, 0.25) is 0 Å². The van der Waals surface area contributed by atoms with Crippen LogP contribution < -0.4 is 16.0 Å². The summed E-state index contributed by atoms with van der Waals surface area (Å²) in [4.78, 5) is 22.5. The fraction of sp³-hybridized carbons (Fsp3) is 0.800. The number of carbonyl (C=O) groups is 2. The van der Waals surface area contributed by atoms with E-state index in [0.29, 0.717) is 13.1 Å². The number of imide groups is 1. The van der Waals surface area contributed by atoms with Gasteiger partial charge in [0, 0.05) is 20.2 Å². The molecular weight excluding hydrogens is 210 g/mol. The molecule has 2 atom stereocenters. The maximum Gasteiger partial charge on any atom is 0.321 e. The maximum atomic E-state index is 11.5. The van der Waals surface area contributed by atoms with Crippen LogP contribution in [0.25, 0.3) is 0 Å². The highest BCUT2D eigenvalue weighted by Crippen LogP contribution is 1.87. The van der Waals surface area contributed by atoms with Crippen LogP contribution in [-0.4, -0.2) is 44.3 Å². The van der Waals surface area contributed by atoms with E-state index < -0.39 is 12.1 Å². The Labute approximate surface area is 96.1 Å². The van der Waals surface area contributed by atoms with Gasteiger partial charge in [-0.1, -0.05) is 0 Å². The summed E-state index contributed by atoms with van der Waals surface area (Å²) in [5.41, 5.74) is 0. The van der Waals surface area contributed by atoms with Crippen molar-refractivity contribution in [3.8, 4) is 0 Å². The normalized spacial score (nSPS) is 14.0. The molecule has 6 heteroatoms. The summed E-state index contributed by atoms with van der Waals surface area (Å²) < 4.78 is 5.03. The van der Waals surface area contributed by atoms with Crippen molar-refractivity contribution in [2.24, 2.45) is 0 Å². The summed E-state index contributed by atoms with van der Waals surface area (Å²) in [6.07, 6.45) is 0.0275. The molecule has 0 aliphatic carbocycles. The highest BCUT2D eigenvalue weighted by atomic mass is 16.5. The molecule has 0 heterocycles. The highest BCUT2D eigenvalue weighted by molar-refractivity contribution is 5.96. The third-order valence-electron chi connectivity index (χ3n) is 2.08. The van der Waals surface area contributed by atoms with Gasteiger partial charge in [-0.15, -0.1) is 0 Å². The van der Waals surface area contributed by atoms with Gasteiger partial charge in [0.25, 0.3) is 0 Å². The van der Waals surface area contributed by atoms with Crippen molar-refractivity contribution in [2.45, 2.75) is 32.9 Å². The molecule has 0 radical (unpaired) electrons. The Morgan fingerprint density at radius 1 is 1.31 bits per heavy atom. The van der Waals surface area contributed by atoms with Gasteiger partial charge in [0.2, 0.25) is 5.91 Å². The predicted octanol–water partition coefficient (Wildman–Crippen LogP) is -0.155. The number of hydrogen-bond acceptors (Lipinski definition) is 4. The van der Waals surface area contributed by atoms with Crippen molar-refractivity contribution in [2.75, 3.05) is 20.2 Å². The average Bonchev–Trinajstić information content (AvgIpc) is 2.25. The summed E-state index contributed by atoms with van der Waals surface area (Å²) in [5.74, 6) is -0.353. The molecule has 0 aromatic rings. The van der Waals surface area contributed by atoms with E-state index in [0.717, 1.165) is 0 Å². The number of hydrogen-bond donors (Lipinski definition) is 3. The Balaban J connectivity index is 3.85. The first-order valence-electron chi connectivity index (χ1n) is 5.36. The summed E-state index contributed by atoms with van der Waals surface area (Å²) in [7, 11) is 1.60. The van der Waals surface area contributed by atoms with Gasteiger partial charge in [0.15, 0.2) is 0 Å². The van der Waals surface area contributed by atoms with Crippen LogP contribution in [0.15, 0.2) is 0 Å². The van der Waals surface area contributed by atoms with E-state index in [-0.39, 0.29) is 12.0 Å². The smallest absolute Gasteiger partial charge is 0.321 e. The molecule has 0 aromatic carbocycles. The fourth-order valence-corrected chi connectivity index (χ4v) is 0.944. The number of amides is 3. The van der Waals surface area contributed by atoms with Gasteiger partial charge in [-0.2, -0.15) is 0 Å². The van der Waals surface area contributed by atoms with Crippen molar-refractivity contribution in [1.82, 2.24) is 16.0 Å². The van der Waals surface area contributed by atoms with E-state index in [9.17, 15) is 9.59 Å². The lowest BCUT2D eigenvalue weighted by Gasteiger charge is -2.16. The van der Waals surface area contributed by atoms with Gasteiger partial charge < -0.3 is 15.4 Å². The molecule has 0 saturated heterocycles. The first kappa shape index (κ1) is 14.9. The number of methoxy groups -OCH3 is 1. The molecule has 3 amide bonds. The van der Waals surface area contributed by atoms with Crippen LogP contribution in [0.4, 0.5) is 4.79 Å². The van der Waals surface area contributed by atoms with Crippen LogP contribution in [0.1, 0.15) is 20.8 Å². The topological polar surface area (TPSA) is 79.5 Å². The van der Waals surface area contributed by atoms with Crippen molar-refractivity contribution in [3.63, 3.8) is 0 Å². The Kier molecular flexibility index (Phi) is 7.49. The lowest BCUT2D eigenvalue weighted by atomic mass is 10.3. The van der Waals surface area contributed by atoms with Crippen molar-refractivity contribution in [3.05, 3.63) is 0 Å². The van der Waals surface area contributed by atoms with E-state index >= 15 is 0 Å². The highest BCUT2D eigenvalue weighted by Gasteiger charge is 2.15. The molecule has 94 valence electrons. The summed E-state index contributed by atoms with van der Waals surface area (Å²) in [6, 6.07) is -0.902. The zero-order valence-corrected chi connectivity index (χ0v) is 10.3. The second-order valence-corrected chi connectivity index (χ2v) is 3.52. The van der Waals surface area contributed by atoms with Crippen LogP contribution in [0.5, 0.6) is 0 Å². The summed E-state index contributed by atoms with van der Waals surface area (Å²) in [5, 5.41) is 7.68. The number of ether oxygens (including phenoxy) is 1. The molecule has 0 spiro atoms. The largest absolute Gasteiger partial charge is 0.380 e. The molecule has 3 N–H and O–H groups in total. The van der Waals surface area contributed by atoms with Gasteiger partial charge in [0.1, 0.15) is 0 Å². The lowest BCUT2D eigenvalue weighted by Crippen LogP contribution is -2.49. The lowest BCUT2D eigenvalue weighted by molar-refractivity contribution is -0.121. The molecule has 0 rings (SSSR count). The number of carbonyl (C=O) groups excluding carboxylic acids is 2. The van der Waals surface area contributed by atoms with Crippen LogP contribution in [0.3, 0.4) is 0 Å². The van der Waals surface area contributed by atoms with Gasteiger partial charge in [-0.05, 0) is 20.8 Å². The molecule has 0 aromatic heterocycles.